The van der Waals surface area contributed by atoms with E-state index in [1.54, 1.807) is 25.1 Å². The minimum absolute atomic E-state index is 0.191. The summed E-state index contributed by atoms with van der Waals surface area (Å²) < 4.78 is 10.3. The molecule has 0 aliphatic carbocycles. The molecule has 0 bridgehead atoms. The highest BCUT2D eigenvalue weighted by molar-refractivity contribution is 5.99. The van der Waals surface area contributed by atoms with Crippen molar-refractivity contribution in [2.75, 3.05) is 11.9 Å². The van der Waals surface area contributed by atoms with Crippen molar-refractivity contribution in [1.82, 2.24) is 10.9 Å². The van der Waals surface area contributed by atoms with Crippen molar-refractivity contribution >= 4 is 23.6 Å². The molecule has 27 heavy (non-hydrogen) atoms. The maximum Gasteiger partial charge on any atom is 0.426 e. The van der Waals surface area contributed by atoms with E-state index in [-0.39, 0.29) is 18.1 Å². The van der Waals surface area contributed by atoms with Crippen LogP contribution >= 0.6 is 0 Å². The number of hydrogen-bond donors (Lipinski definition) is 3. The average molecular weight is 369 g/mol. The Balaban J connectivity index is 1.58. The summed E-state index contributed by atoms with van der Waals surface area (Å²) in [5, 5.41) is 2.74. The first-order valence-electron chi connectivity index (χ1n) is 8.45. The highest BCUT2D eigenvalue weighted by Gasteiger charge is 2.28. The molecule has 140 valence electrons. The summed E-state index contributed by atoms with van der Waals surface area (Å²) in [6, 6.07) is 13.8. The van der Waals surface area contributed by atoms with Crippen LogP contribution in [0.15, 0.2) is 48.5 Å². The van der Waals surface area contributed by atoms with E-state index in [2.05, 4.69) is 20.9 Å². The maximum atomic E-state index is 12.4. The van der Waals surface area contributed by atoms with Crippen LogP contribution in [0.25, 0.3) is 0 Å². The van der Waals surface area contributed by atoms with Gasteiger partial charge in [0.15, 0.2) is 6.10 Å². The van der Waals surface area contributed by atoms with Gasteiger partial charge in [-0.25, -0.2) is 10.2 Å². The zero-order valence-electron chi connectivity index (χ0n) is 14.7. The summed E-state index contributed by atoms with van der Waals surface area (Å²) in [6.45, 7) is 1.84. The molecule has 3 N–H and O–H groups in total. The molecular weight excluding hydrogens is 350 g/mol. The molecule has 1 unspecified atom stereocenters. The minimum Gasteiger partial charge on any atom is -0.480 e. The van der Waals surface area contributed by atoms with Crippen LogP contribution in [-0.2, 0) is 16.0 Å². The maximum absolute atomic E-state index is 12.4. The van der Waals surface area contributed by atoms with Crippen molar-refractivity contribution in [2.45, 2.75) is 19.4 Å². The van der Waals surface area contributed by atoms with Gasteiger partial charge in [0.1, 0.15) is 5.75 Å². The SMILES string of the molecule is CCOC(=O)NNC(=O)c1cccc(NC(=O)C2Cc3ccccc3O2)c1. The molecule has 1 aliphatic rings. The minimum atomic E-state index is -0.756. The number of carbonyl (C=O) groups excluding carboxylic acids is 3. The van der Waals surface area contributed by atoms with Gasteiger partial charge in [-0.15, -0.1) is 0 Å². The Morgan fingerprint density at radius 2 is 1.93 bits per heavy atom. The number of nitrogens with one attached hydrogen (secondary N) is 3. The van der Waals surface area contributed by atoms with E-state index < -0.39 is 18.1 Å². The Hall–Kier alpha value is -3.55. The zero-order chi connectivity index (χ0) is 19.2. The van der Waals surface area contributed by atoms with Crippen LogP contribution in [0.1, 0.15) is 22.8 Å². The van der Waals surface area contributed by atoms with Crippen LogP contribution in [0, 0.1) is 0 Å². The van der Waals surface area contributed by atoms with Crippen LogP contribution in [0.5, 0.6) is 5.75 Å². The van der Waals surface area contributed by atoms with E-state index in [1.807, 2.05) is 24.3 Å². The summed E-state index contributed by atoms with van der Waals surface area (Å²) in [5.41, 5.74) is 6.05. The number of benzene rings is 2. The predicted molar refractivity (Wildman–Crippen MR) is 97.3 cm³/mol. The zero-order valence-corrected chi connectivity index (χ0v) is 14.7. The molecule has 0 spiro atoms. The summed E-state index contributed by atoms with van der Waals surface area (Å²) in [4.78, 5) is 35.7. The Kier molecular flexibility index (Phi) is 5.55. The average Bonchev–Trinajstić information content (AvgIpc) is 3.11. The fraction of sp³-hybridized carbons (Fsp3) is 0.211. The molecular formula is C19H19N3O5. The van der Waals surface area contributed by atoms with E-state index >= 15 is 0 Å². The Labute approximate surface area is 155 Å². The fourth-order valence-electron chi connectivity index (χ4n) is 2.64. The quantitative estimate of drug-likeness (QED) is 0.715. The van der Waals surface area contributed by atoms with Crippen LogP contribution in [-0.4, -0.2) is 30.6 Å². The molecule has 1 atom stereocenters. The van der Waals surface area contributed by atoms with Gasteiger partial charge in [0, 0.05) is 17.7 Å². The first-order chi connectivity index (χ1) is 13.1. The standard InChI is InChI=1S/C19H19N3O5/c1-2-26-19(25)22-21-17(23)13-7-5-8-14(10-13)20-18(24)16-11-12-6-3-4-9-15(12)27-16/h3-10,16H,2,11H2,1H3,(H,20,24)(H,21,23)(H,22,25). The first kappa shape index (κ1) is 18.2. The monoisotopic (exact) mass is 369 g/mol. The van der Waals surface area contributed by atoms with Gasteiger partial charge in [0.25, 0.3) is 11.8 Å². The van der Waals surface area contributed by atoms with Crippen molar-refractivity contribution in [2.24, 2.45) is 0 Å². The molecule has 8 nitrogen and oxygen atoms in total. The highest BCUT2D eigenvalue weighted by atomic mass is 16.6. The lowest BCUT2D eigenvalue weighted by Crippen LogP contribution is -2.41. The third-order valence-electron chi connectivity index (χ3n) is 3.89. The van der Waals surface area contributed by atoms with Crippen molar-refractivity contribution < 1.29 is 23.9 Å². The first-order valence-corrected chi connectivity index (χ1v) is 8.45. The van der Waals surface area contributed by atoms with E-state index in [4.69, 9.17) is 4.74 Å². The molecule has 0 saturated heterocycles. The second-order valence-electron chi connectivity index (χ2n) is 5.79. The number of fused-ring (bicyclic) bond motifs is 1. The van der Waals surface area contributed by atoms with Gasteiger partial charge in [0.2, 0.25) is 0 Å². The lowest BCUT2D eigenvalue weighted by Gasteiger charge is -2.12. The lowest BCUT2D eigenvalue weighted by molar-refractivity contribution is -0.122. The van der Waals surface area contributed by atoms with E-state index in [9.17, 15) is 14.4 Å². The summed E-state index contributed by atoms with van der Waals surface area (Å²) in [7, 11) is 0. The number of carbonyl (C=O) groups is 3. The number of rotatable bonds is 4. The van der Waals surface area contributed by atoms with E-state index in [1.165, 1.54) is 6.07 Å². The number of anilines is 1. The lowest BCUT2D eigenvalue weighted by atomic mass is 10.1. The van der Waals surface area contributed by atoms with Gasteiger partial charge in [0.05, 0.1) is 6.61 Å². The van der Waals surface area contributed by atoms with Crippen LogP contribution in [0.2, 0.25) is 0 Å². The Morgan fingerprint density at radius 3 is 2.70 bits per heavy atom. The molecule has 2 aromatic rings. The van der Waals surface area contributed by atoms with Gasteiger partial charge in [-0.1, -0.05) is 24.3 Å². The van der Waals surface area contributed by atoms with Gasteiger partial charge >= 0.3 is 6.09 Å². The van der Waals surface area contributed by atoms with Gasteiger partial charge in [-0.3, -0.25) is 15.0 Å². The molecule has 0 saturated carbocycles. The smallest absolute Gasteiger partial charge is 0.426 e. The number of amides is 3. The summed E-state index contributed by atoms with van der Waals surface area (Å²) in [5.74, 6) is -0.132. The molecule has 8 heteroatoms. The predicted octanol–water partition coefficient (Wildman–Crippen LogP) is 2.02. The van der Waals surface area contributed by atoms with Crippen molar-refractivity contribution in [1.29, 1.82) is 0 Å². The third-order valence-corrected chi connectivity index (χ3v) is 3.89. The number of para-hydroxylation sites is 1. The van der Waals surface area contributed by atoms with Crippen LogP contribution < -0.4 is 20.9 Å². The topological polar surface area (TPSA) is 106 Å². The van der Waals surface area contributed by atoms with Crippen molar-refractivity contribution in [3.63, 3.8) is 0 Å². The molecule has 3 amide bonds. The van der Waals surface area contributed by atoms with Crippen molar-refractivity contribution in [3.8, 4) is 5.75 Å². The van der Waals surface area contributed by atoms with Crippen molar-refractivity contribution in [3.05, 3.63) is 59.7 Å². The number of ether oxygens (including phenoxy) is 2. The fourth-order valence-corrected chi connectivity index (χ4v) is 2.64. The summed E-state index contributed by atoms with van der Waals surface area (Å²) in [6.07, 6.45) is -0.885. The summed E-state index contributed by atoms with van der Waals surface area (Å²) >= 11 is 0. The second-order valence-corrected chi connectivity index (χ2v) is 5.79. The van der Waals surface area contributed by atoms with E-state index in [0.717, 1.165) is 5.56 Å². The van der Waals surface area contributed by atoms with E-state index in [0.29, 0.717) is 17.9 Å². The van der Waals surface area contributed by atoms with Gasteiger partial charge in [-0.2, -0.15) is 0 Å². The largest absolute Gasteiger partial charge is 0.480 e. The highest BCUT2D eigenvalue weighted by Crippen LogP contribution is 2.28. The molecule has 1 aliphatic heterocycles. The molecule has 3 rings (SSSR count). The van der Waals surface area contributed by atoms with Gasteiger partial charge in [-0.05, 0) is 36.8 Å². The number of hydrogen-bond acceptors (Lipinski definition) is 5. The second kappa shape index (κ2) is 8.22. The Bertz CT molecular complexity index is 843. The molecule has 2 aromatic carbocycles. The number of hydrazine groups is 1. The van der Waals surface area contributed by atoms with Gasteiger partial charge < -0.3 is 14.8 Å². The molecule has 1 heterocycles. The molecule has 0 fully saturated rings. The Morgan fingerprint density at radius 1 is 1.11 bits per heavy atom. The molecule has 0 radical (unpaired) electrons. The van der Waals surface area contributed by atoms with Crippen LogP contribution in [0.3, 0.4) is 0 Å². The third kappa shape index (κ3) is 4.55. The normalized spacial score (nSPS) is 14.5. The van der Waals surface area contributed by atoms with Crippen LogP contribution in [0.4, 0.5) is 10.5 Å². The molecule has 0 aromatic heterocycles.